The Hall–Kier alpha value is -1.99. The predicted molar refractivity (Wildman–Crippen MR) is 126 cm³/mol. The molecule has 0 unspecified atom stereocenters. The minimum Gasteiger partial charge on any atom is -0.273 e. The van der Waals surface area contributed by atoms with E-state index in [1.165, 1.54) is 12.1 Å². The Bertz CT molecular complexity index is 1140. The van der Waals surface area contributed by atoms with E-state index in [1.807, 2.05) is 27.7 Å². The molecule has 176 valence electrons. The van der Waals surface area contributed by atoms with E-state index in [0.717, 1.165) is 35.1 Å². The second-order valence-electron chi connectivity index (χ2n) is 10.0. The van der Waals surface area contributed by atoms with Crippen LogP contribution in [0.5, 0.6) is 0 Å². The molecule has 1 heterocycles. The van der Waals surface area contributed by atoms with Gasteiger partial charge in [0.2, 0.25) is 5.91 Å². The molecular formula is C25H25ClF3NO2S. The number of alkyl halides is 3. The molecule has 0 N–H and O–H groups in total. The van der Waals surface area contributed by atoms with Crippen molar-refractivity contribution in [3.05, 3.63) is 57.6 Å². The van der Waals surface area contributed by atoms with Gasteiger partial charge in [-0.2, -0.15) is 13.2 Å². The van der Waals surface area contributed by atoms with Crippen LogP contribution in [0.15, 0.2) is 30.3 Å². The van der Waals surface area contributed by atoms with Crippen LogP contribution in [0, 0.1) is 0 Å². The van der Waals surface area contributed by atoms with Gasteiger partial charge in [-0.05, 0) is 64.1 Å². The standard InChI is InChI=1S/C25H25ClF3NO2S/c1-23(2)8-9-24(3,4)18-11-16(25(27,28)29)15(10-17(18)23)21-14(6-5-7-19(21)26)12-30-20(31)13-33-22(30)32/h5-7,10-11H,8-9,12-13H2,1-4H3. The van der Waals surface area contributed by atoms with E-state index in [1.54, 1.807) is 18.2 Å². The molecule has 1 fully saturated rings. The van der Waals surface area contributed by atoms with Gasteiger partial charge in [0.25, 0.3) is 5.24 Å². The number of benzene rings is 2. The van der Waals surface area contributed by atoms with Crippen molar-refractivity contribution in [3.8, 4) is 11.1 Å². The third-order valence-corrected chi connectivity index (χ3v) is 8.01. The van der Waals surface area contributed by atoms with Crippen molar-refractivity contribution in [1.82, 2.24) is 4.90 Å². The van der Waals surface area contributed by atoms with Crippen LogP contribution in [0.2, 0.25) is 5.02 Å². The lowest BCUT2D eigenvalue weighted by Gasteiger charge is -2.42. The second kappa shape index (κ2) is 8.05. The highest BCUT2D eigenvalue weighted by molar-refractivity contribution is 8.14. The van der Waals surface area contributed by atoms with E-state index in [2.05, 4.69) is 0 Å². The fourth-order valence-corrected chi connectivity index (χ4v) is 5.78. The zero-order valence-corrected chi connectivity index (χ0v) is 20.5. The quantitative estimate of drug-likeness (QED) is 0.440. The van der Waals surface area contributed by atoms with E-state index in [4.69, 9.17) is 11.6 Å². The summed E-state index contributed by atoms with van der Waals surface area (Å²) in [5.74, 6) is -0.328. The van der Waals surface area contributed by atoms with E-state index in [9.17, 15) is 22.8 Å². The van der Waals surface area contributed by atoms with E-state index >= 15 is 0 Å². The number of carbonyl (C=O) groups is 2. The summed E-state index contributed by atoms with van der Waals surface area (Å²) in [6, 6.07) is 7.70. The van der Waals surface area contributed by atoms with Crippen LogP contribution in [0.3, 0.4) is 0 Å². The topological polar surface area (TPSA) is 37.4 Å². The van der Waals surface area contributed by atoms with Crippen LogP contribution in [-0.4, -0.2) is 21.8 Å². The summed E-state index contributed by atoms with van der Waals surface area (Å²) in [6.07, 6.45) is -2.97. The maximum atomic E-state index is 14.4. The molecule has 1 aliphatic heterocycles. The van der Waals surface area contributed by atoms with Gasteiger partial charge in [0.05, 0.1) is 17.9 Å². The van der Waals surface area contributed by atoms with Crippen LogP contribution in [-0.2, 0) is 28.3 Å². The maximum Gasteiger partial charge on any atom is 0.417 e. The van der Waals surface area contributed by atoms with Crippen LogP contribution >= 0.6 is 23.4 Å². The van der Waals surface area contributed by atoms with Crippen LogP contribution in [0.25, 0.3) is 11.1 Å². The predicted octanol–water partition coefficient (Wildman–Crippen LogP) is 7.57. The number of thioether (sulfide) groups is 1. The van der Waals surface area contributed by atoms with Crippen LogP contribution in [0.1, 0.15) is 62.8 Å². The SMILES string of the molecule is CC1(C)CCC(C)(C)c2cc(C(F)(F)F)c(-c3c(Cl)cccc3CN3C(=O)CSC3=O)cc21. The summed E-state index contributed by atoms with van der Waals surface area (Å²) in [7, 11) is 0. The number of nitrogens with zero attached hydrogens (tertiary/aromatic N) is 1. The molecule has 33 heavy (non-hydrogen) atoms. The lowest BCUT2D eigenvalue weighted by molar-refractivity contribution is -0.137. The van der Waals surface area contributed by atoms with Gasteiger partial charge in [-0.15, -0.1) is 0 Å². The van der Waals surface area contributed by atoms with E-state index in [0.29, 0.717) is 11.1 Å². The molecule has 0 aromatic heterocycles. The summed E-state index contributed by atoms with van der Waals surface area (Å²) in [4.78, 5) is 25.4. The van der Waals surface area contributed by atoms with Crippen molar-refractivity contribution >= 4 is 34.5 Å². The van der Waals surface area contributed by atoms with Crippen molar-refractivity contribution in [2.24, 2.45) is 0 Å². The molecule has 0 saturated carbocycles. The fraction of sp³-hybridized carbons (Fsp3) is 0.440. The molecule has 2 aromatic rings. The molecule has 1 aliphatic carbocycles. The normalized spacial score (nSPS) is 19.7. The smallest absolute Gasteiger partial charge is 0.273 e. The molecule has 8 heteroatoms. The lowest BCUT2D eigenvalue weighted by Crippen LogP contribution is -2.34. The van der Waals surface area contributed by atoms with Crippen molar-refractivity contribution in [2.45, 2.75) is 64.1 Å². The van der Waals surface area contributed by atoms with Crippen molar-refractivity contribution in [2.75, 3.05) is 5.75 Å². The third kappa shape index (κ3) is 4.30. The molecule has 2 aromatic carbocycles. The van der Waals surface area contributed by atoms with Gasteiger partial charge in [0.1, 0.15) is 0 Å². The highest BCUT2D eigenvalue weighted by atomic mass is 35.5. The number of amides is 2. The first-order chi connectivity index (χ1) is 15.2. The number of halogens is 4. The minimum atomic E-state index is -4.60. The number of rotatable bonds is 3. The fourth-order valence-electron chi connectivity index (χ4n) is 4.76. The molecule has 4 rings (SSSR count). The first-order valence-electron chi connectivity index (χ1n) is 10.7. The highest BCUT2D eigenvalue weighted by Crippen LogP contribution is 2.51. The average Bonchev–Trinajstić information content (AvgIpc) is 3.02. The maximum absolute atomic E-state index is 14.4. The number of hydrogen-bond acceptors (Lipinski definition) is 3. The average molecular weight is 496 g/mol. The van der Waals surface area contributed by atoms with Crippen molar-refractivity contribution in [3.63, 3.8) is 0 Å². The molecule has 0 spiro atoms. The summed E-state index contributed by atoms with van der Waals surface area (Å²) in [5, 5.41) is -0.257. The number of fused-ring (bicyclic) bond motifs is 1. The number of carbonyl (C=O) groups excluding carboxylic acids is 2. The summed E-state index contributed by atoms with van der Waals surface area (Å²) in [5.41, 5.74) is 0.729. The van der Waals surface area contributed by atoms with E-state index in [-0.39, 0.29) is 39.8 Å². The number of imide groups is 1. The molecule has 2 aliphatic rings. The third-order valence-electron chi connectivity index (χ3n) is 6.83. The van der Waals surface area contributed by atoms with Crippen LogP contribution in [0.4, 0.5) is 18.0 Å². The Kier molecular flexibility index (Phi) is 5.89. The largest absolute Gasteiger partial charge is 0.417 e. The monoisotopic (exact) mass is 495 g/mol. The van der Waals surface area contributed by atoms with Gasteiger partial charge in [0, 0.05) is 10.6 Å². The second-order valence-corrected chi connectivity index (χ2v) is 11.4. The summed E-state index contributed by atoms with van der Waals surface area (Å²) in [6.45, 7) is 7.92. The Labute approximate surface area is 200 Å². The summed E-state index contributed by atoms with van der Waals surface area (Å²) < 4.78 is 43.1. The van der Waals surface area contributed by atoms with Gasteiger partial charge >= 0.3 is 6.18 Å². The lowest BCUT2D eigenvalue weighted by atomic mass is 9.62. The molecule has 0 radical (unpaired) electrons. The van der Waals surface area contributed by atoms with Crippen molar-refractivity contribution < 1.29 is 22.8 Å². The van der Waals surface area contributed by atoms with Gasteiger partial charge < -0.3 is 0 Å². The van der Waals surface area contributed by atoms with Gasteiger partial charge in [-0.3, -0.25) is 14.5 Å². The Morgan fingerprint density at radius 2 is 1.64 bits per heavy atom. The number of hydrogen-bond donors (Lipinski definition) is 0. The highest BCUT2D eigenvalue weighted by Gasteiger charge is 2.42. The van der Waals surface area contributed by atoms with Crippen LogP contribution < -0.4 is 0 Å². The summed E-state index contributed by atoms with van der Waals surface area (Å²) >= 11 is 7.38. The Morgan fingerprint density at radius 3 is 2.18 bits per heavy atom. The zero-order chi connectivity index (χ0) is 24.3. The minimum absolute atomic E-state index is 0.0145. The molecule has 0 atom stereocenters. The Morgan fingerprint density at radius 1 is 1.03 bits per heavy atom. The zero-order valence-electron chi connectivity index (χ0n) is 18.9. The molecule has 2 amide bonds. The molecule has 3 nitrogen and oxygen atoms in total. The molecular weight excluding hydrogens is 471 g/mol. The van der Waals surface area contributed by atoms with Gasteiger partial charge in [-0.1, -0.05) is 63.2 Å². The molecule has 0 bridgehead atoms. The van der Waals surface area contributed by atoms with Gasteiger partial charge in [0.15, 0.2) is 0 Å². The first kappa shape index (κ1) is 24.1. The van der Waals surface area contributed by atoms with Gasteiger partial charge in [-0.25, -0.2) is 0 Å². The Balaban J connectivity index is 1.98. The van der Waals surface area contributed by atoms with E-state index < -0.39 is 22.4 Å². The molecule has 1 saturated heterocycles. The first-order valence-corrected chi connectivity index (χ1v) is 12.1. The van der Waals surface area contributed by atoms with Crippen molar-refractivity contribution in [1.29, 1.82) is 0 Å².